The number of para-hydroxylation sites is 1. The molecule has 2 N–H and O–H groups in total. The van der Waals surface area contributed by atoms with Gasteiger partial charge in [0.1, 0.15) is 0 Å². The number of nitrogens with zero attached hydrogens (tertiary/aromatic N) is 1. The third-order valence-electron chi connectivity index (χ3n) is 7.23. The molecule has 2 amide bonds. The van der Waals surface area contributed by atoms with E-state index >= 15 is 0 Å². The number of piperidine rings is 1. The maximum atomic E-state index is 13.1. The summed E-state index contributed by atoms with van der Waals surface area (Å²) in [6, 6.07) is 17.1. The molecular formula is C28H37N3O4S. The van der Waals surface area contributed by atoms with Crippen LogP contribution in [-0.4, -0.2) is 49.4 Å². The number of hydrogen-bond donors (Lipinski definition) is 2. The number of rotatable bonds is 9. The summed E-state index contributed by atoms with van der Waals surface area (Å²) in [6.07, 6.45) is 7.93. The summed E-state index contributed by atoms with van der Waals surface area (Å²) in [6.45, 7) is 0.619. The van der Waals surface area contributed by atoms with E-state index in [-0.39, 0.29) is 30.2 Å². The molecule has 194 valence electrons. The number of carbonyl (C=O) groups is 2. The monoisotopic (exact) mass is 511 g/mol. The van der Waals surface area contributed by atoms with Crippen LogP contribution in [0, 0.1) is 5.92 Å². The lowest BCUT2D eigenvalue weighted by atomic mass is 9.95. The molecule has 1 saturated heterocycles. The summed E-state index contributed by atoms with van der Waals surface area (Å²) in [5.41, 5.74) is 2.03. The zero-order valence-electron chi connectivity index (χ0n) is 20.8. The fourth-order valence-corrected chi connectivity index (χ4v) is 6.76. The Morgan fingerprint density at radius 3 is 2.39 bits per heavy atom. The lowest BCUT2D eigenvalue weighted by Gasteiger charge is -2.31. The molecule has 0 aromatic heterocycles. The van der Waals surface area contributed by atoms with Crippen LogP contribution in [0.25, 0.3) is 0 Å². The fourth-order valence-electron chi connectivity index (χ4n) is 5.18. The van der Waals surface area contributed by atoms with Gasteiger partial charge in [-0.25, -0.2) is 12.7 Å². The minimum absolute atomic E-state index is 0.0698. The fraction of sp³-hybridized carbons (Fsp3) is 0.500. The zero-order valence-corrected chi connectivity index (χ0v) is 21.6. The number of hydrogen-bond acceptors (Lipinski definition) is 4. The first-order chi connectivity index (χ1) is 17.4. The molecule has 1 heterocycles. The number of amides is 2. The van der Waals surface area contributed by atoms with Crippen molar-refractivity contribution in [2.45, 2.75) is 63.8 Å². The minimum atomic E-state index is -3.44. The quantitative estimate of drug-likeness (QED) is 0.523. The topological polar surface area (TPSA) is 95.6 Å². The number of aryl methyl sites for hydroxylation is 1. The summed E-state index contributed by atoms with van der Waals surface area (Å²) in [4.78, 5) is 26.1. The Morgan fingerprint density at radius 1 is 0.889 bits per heavy atom. The molecule has 8 heteroatoms. The van der Waals surface area contributed by atoms with Crippen LogP contribution in [0.3, 0.4) is 0 Å². The molecule has 2 aromatic rings. The predicted octanol–water partition coefficient (Wildman–Crippen LogP) is 4.36. The van der Waals surface area contributed by atoms with E-state index < -0.39 is 15.9 Å². The average molecular weight is 512 g/mol. The maximum Gasteiger partial charge on any atom is 0.253 e. The van der Waals surface area contributed by atoms with Gasteiger partial charge >= 0.3 is 0 Å². The van der Waals surface area contributed by atoms with Gasteiger partial charge in [-0.1, -0.05) is 61.7 Å². The Morgan fingerprint density at radius 2 is 1.61 bits per heavy atom. The molecule has 0 bridgehead atoms. The largest absolute Gasteiger partial charge is 0.349 e. The second-order valence-corrected chi connectivity index (χ2v) is 12.0. The first-order valence-electron chi connectivity index (χ1n) is 13.1. The molecular weight excluding hydrogens is 474 g/mol. The molecule has 0 spiro atoms. The van der Waals surface area contributed by atoms with E-state index in [1.54, 1.807) is 24.3 Å². The molecule has 0 radical (unpaired) electrons. The van der Waals surface area contributed by atoms with Crippen LogP contribution in [0.4, 0.5) is 5.69 Å². The minimum Gasteiger partial charge on any atom is -0.349 e. The van der Waals surface area contributed by atoms with E-state index in [2.05, 4.69) is 10.6 Å². The standard InChI is InChI=1S/C28H37N3O4S/c32-27(30-26-18-8-7-17-25(26)28(33)29-24-15-5-2-6-16-24)23-14-9-19-31(21-23)36(34,35)20-10-13-22-11-3-1-4-12-22/h1,3-4,7-8,11-12,17-18,23-24H,2,5-6,9-10,13-16,19-21H2,(H,29,33)(H,30,32). The van der Waals surface area contributed by atoms with E-state index in [4.69, 9.17) is 0 Å². The molecule has 1 atom stereocenters. The third-order valence-corrected chi connectivity index (χ3v) is 9.15. The van der Waals surface area contributed by atoms with Crippen LogP contribution in [0.1, 0.15) is 67.3 Å². The van der Waals surface area contributed by atoms with Gasteiger partial charge in [0.05, 0.1) is 22.9 Å². The summed E-state index contributed by atoms with van der Waals surface area (Å²) in [7, 11) is -3.44. The highest BCUT2D eigenvalue weighted by molar-refractivity contribution is 7.89. The normalized spacial score (nSPS) is 19.5. The van der Waals surface area contributed by atoms with E-state index in [9.17, 15) is 18.0 Å². The van der Waals surface area contributed by atoms with Gasteiger partial charge in [0, 0.05) is 19.1 Å². The SMILES string of the molecule is O=C(NC1CCCCC1)c1ccccc1NC(=O)C1CCCN(S(=O)(=O)CCCc2ccccc2)C1. The molecule has 1 saturated carbocycles. The van der Waals surface area contributed by atoms with Crippen molar-refractivity contribution in [1.82, 2.24) is 9.62 Å². The van der Waals surface area contributed by atoms with Crippen molar-refractivity contribution in [3.05, 3.63) is 65.7 Å². The first kappa shape index (κ1) is 26.4. The molecule has 2 aromatic carbocycles. The van der Waals surface area contributed by atoms with Crippen molar-refractivity contribution in [2.24, 2.45) is 5.92 Å². The van der Waals surface area contributed by atoms with Gasteiger partial charge < -0.3 is 10.6 Å². The van der Waals surface area contributed by atoms with Crippen molar-refractivity contribution in [1.29, 1.82) is 0 Å². The summed E-state index contributed by atoms with van der Waals surface area (Å²) in [5, 5.41) is 6.02. The first-order valence-corrected chi connectivity index (χ1v) is 14.8. The van der Waals surface area contributed by atoms with E-state index in [0.717, 1.165) is 31.2 Å². The smallest absolute Gasteiger partial charge is 0.253 e. The van der Waals surface area contributed by atoms with Gasteiger partial charge in [0.2, 0.25) is 15.9 Å². The molecule has 1 unspecified atom stereocenters. The molecule has 1 aliphatic heterocycles. The Kier molecular flexibility index (Phi) is 9.15. The van der Waals surface area contributed by atoms with Crippen LogP contribution in [0.5, 0.6) is 0 Å². The molecule has 1 aliphatic carbocycles. The summed E-state index contributed by atoms with van der Waals surface area (Å²) >= 11 is 0. The predicted molar refractivity (Wildman–Crippen MR) is 142 cm³/mol. The maximum absolute atomic E-state index is 13.1. The Labute approximate surface area is 214 Å². The number of anilines is 1. The highest BCUT2D eigenvalue weighted by Crippen LogP contribution is 2.24. The second kappa shape index (κ2) is 12.5. The molecule has 4 rings (SSSR count). The van der Waals surface area contributed by atoms with Crippen LogP contribution in [0.2, 0.25) is 0 Å². The van der Waals surface area contributed by atoms with E-state index in [0.29, 0.717) is 43.5 Å². The number of sulfonamides is 1. The Hall–Kier alpha value is -2.71. The number of benzene rings is 2. The molecule has 2 aliphatic rings. The molecule has 36 heavy (non-hydrogen) atoms. The van der Waals surface area contributed by atoms with Crippen molar-refractivity contribution >= 4 is 27.5 Å². The lowest BCUT2D eigenvalue weighted by molar-refractivity contribution is -0.120. The van der Waals surface area contributed by atoms with Crippen molar-refractivity contribution in [3.63, 3.8) is 0 Å². The van der Waals surface area contributed by atoms with E-state index in [1.165, 1.54) is 10.7 Å². The Bertz CT molecular complexity index is 1130. The molecule has 7 nitrogen and oxygen atoms in total. The summed E-state index contributed by atoms with van der Waals surface area (Å²) in [5.74, 6) is -0.793. The van der Waals surface area contributed by atoms with Crippen LogP contribution < -0.4 is 10.6 Å². The zero-order chi connectivity index (χ0) is 25.4. The second-order valence-electron chi connectivity index (χ2n) is 9.95. The highest BCUT2D eigenvalue weighted by Gasteiger charge is 2.32. The summed E-state index contributed by atoms with van der Waals surface area (Å²) < 4.78 is 27.4. The van der Waals surface area contributed by atoms with Gasteiger partial charge in [0.15, 0.2) is 0 Å². The average Bonchev–Trinajstić information content (AvgIpc) is 2.90. The van der Waals surface area contributed by atoms with Crippen LogP contribution >= 0.6 is 0 Å². The van der Waals surface area contributed by atoms with Gasteiger partial charge in [-0.05, 0) is 56.2 Å². The van der Waals surface area contributed by atoms with Gasteiger partial charge in [-0.15, -0.1) is 0 Å². The number of carbonyl (C=O) groups excluding carboxylic acids is 2. The highest BCUT2D eigenvalue weighted by atomic mass is 32.2. The van der Waals surface area contributed by atoms with Gasteiger partial charge in [-0.2, -0.15) is 0 Å². The number of nitrogens with one attached hydrogen (secondary N) is 2. The Balaban J connectivity index is 1.33. The molecule has 2 fully saturated rings. The lowest BCUT2D eigenvalue weighted by Crippen LogP contribution is -2.44. The van der Waals surface area contributed by atoms with Crippen LogP contribution in [0.15, 0.2) is 54.6 Å². The van der Waals surface area contributed by atoms with Crippen LogP contribution in [-0.2, 0) is 21.2 Å². The van der Waals surface area contributed by atoms with Crippen molar-refractivity contribution in [2.75, 3.05) is 24.2 Å². The third kappa shape index (κ3) is 7.17. The van der Waals surface area contributed by atoms with E-state index in [1.807, 2.05) is 30.3 Å². The van der Waals surface area contributed by atoms with Gasteiger partial charge in [-0.3, -0.25) is 9.59 Å². The van der Waals surface area contributed by atoms with Crippen molar-refractivity contribution < 1.29 is 18.0 Å². The van der Waals surface area contributed by atoms with Crippen molar-refractivity contribution in [3.8, 4) is 0 Å². The van der Waals surface area contributed by atoms with Gasteiger partial charge in [0.25, 0.3) is 5.91 Å².